The van der Waals surface area contributed by atoms with E-state index in [0.717, 1.165) is 22.2 Å². The van der Waals surface area contributed by atoms with Crippen LogP contribution < -0.4 is 5.32 Å². The smallest absolute Gasteiger partial charge is 0.352 e. The van der Waals surface area contributed by atoms with Gasteiger partial charge in [-0.3, -0.25) is 14.5 Å². The zero-order valence-electron chi connectivity index (χ0n) is 17.1. The zero-order chi connectivity index (χ0) is 23.5. The summed E-state index contributed by atoms with van der Waals surface area (Å²) in [6, 6.07) is 7.94. The molecule has 1 saturated heterocycles. The molecule has 1 aromatic carbocycles. The molecule has 1 fully saturated rings. The number of tetrazole rings is 1. The van der Waals surface area contributed by atoms with E-state index in [1.54, 1.807) is 24.3 Å². The molecule has 0 saturated carbocycles. The van der Waals surface area contributed by atoms with Gasteiger partial charge in [-0.2, -0.15) is 0 Å². The van der Waals surface area contributed by atoms with Crippen LogP contribution in [0.3, 0.4) is 0 Å². The van der Waals surface area contributed by atoms with E-state index < -0.39 is 40.4 Å². The third kappa shape index (κ3) is 4.58. The van der Waals surface area contributed by atoms with Gasteiger partial charge in [0.25, 0.3) is 5.91 Å². The van der Waals surface area contributed by atoms with E-state index in [1.807, 2.05) is 6.07 Å². The minimum Gasteiger partial charge on any atom is -0.614 e. The van der Waals surface area contributed by atoms with Crippen LogP contribution in [0.1, 0.15) is 5.56 Å². The molecule has 4 rings (SSSR count). The molecule has 33 heavy (non-hydrogen) atoms. The van der Waals surface area contributed by atoms with E-state index in [9.17, 15) is 24.0 Å². The number of benzene rings is 1. The predicted molar refractivity (Wildman–Crippen MR) is 118 cm³/mol. The molecule has 0 bridgehead atoms. The highest BCUT2D eigenvalue weighted by molar-refractivity contribution is 7.99. The third-order valence-corrected chi connectivity index (χ3v) is 7.74. The molecular weight excluding hydrogens is 468 g/mol. The summed E-state index contributed by atoms with van der Waals surface area (Å²) in [5.41, 5.74) is 0.863. The molecule has 13 heteroatoms. The van der Waals surface area contributed by atoms with Crippen molar-refractivity contribution in [1.29, 1.82) is 0 Å². The van der Waals surface area contributed by atoms with Gasteiger partial charge in [0.05, 0.1) is 6.42 Å². The van der Waals surface area contributed by atoms with Gasteiger partial charge >= 0.3 is 5.97 Å². The fourth-order valence-electron chi connectivity index (χ4n) is 3.61. The van der Waals surface area contributed by atoms with Crippen molar-refractivity contribution < 1.29 is 24.0 Å². The number of β-lactam (4-membered cyclic amide) rings is 1. The highest BCUT2D eigenvalue weighted by atomic mass is 32.2. The largest absolute Gasteiger partial charge is 0.614 e. The van der Waals surface area contributed by atoms with E-state index in [0.29, 0.717) is 10.7 Å². The maximum absolute atomic E-state index is 12.9. The Morgan fingerprint density at radius 1 is 1.36 bits per heavy atom. The second-order valence-corrected chi connectivity index (χ2v) is 9.68. The Labute approximate surface area is 195 Å². The number of fused-ring (bicyclic) bond motifs is 1. The highest BCUT2D eigenvalue weighted by Gasteiger charge is 2.60. The number of carbonyl (C=O) groups excluding carboxylic acids is 2. The number of nitrogens with zero attached hydrogens (tertiary/aromatic N) is 5. The summed E-state index contributed by atoms with van der Waals surface area (Å²) in [5, 5.41) is 23.0. The zero-order valence-corrected chi connectivity index (χ0v) is 18.7. The Bertz CT molecular complexity index is 1160. The van der Waals surface area contributed by atoms with Crippen LogP contribution in [0.25, 0.3) is 0 Å². The van der Waals surface area contributed by atoms with Crippen molar-refractivity contribution in [2.75, 3.05) is 11.5 Å². The molecule has 2 unspecified atom stereocenters. The summed E-state index contributed by atoms with van der Waals surface area (Å²) in [6.07, 6.45) is 5.33. The molecule has 3 heterocycles. The van der Waals surface area contributed by atoms with Crippen LogP contribution in [0.2, 0.25) is 0 Å². The van der Waals surface area contributed by atoms with Crippen molar-refractivity contribution in [3.8, 4) is 12.3 Å². The lowest BCUT2D eigenvalue weighted by Crippen LogP contribution is -2.75. The molecule has 2 aliphatic rings. The number of hydrogen-bond acceptors (Lipinski definition) is 8. The lowest BCUT2D eigenvalue weighted by Gasteiger charge is -2.49. The number of carboxylic acid groups (broad SMARTS) is 1. The molecule has 11 nitrogen and oxygen atoms in total. The van der Waals surface area contributed by atoms with E-state index in [-0.39, 0.29) is 30.2 Å². The highest BCUT2D eigenvalue weighted by Crippen LogP contribution is 2.38. The summed E-state index contributed by atoms with van der Waals surface area (Å²) in [4.78, 5) is 38.2. The SMILES string of the molecule is C#CCn1nnnc1SCC1=C(C(=O)O)N2C(=O)C(NC(=O)Cc3ccccc3)[C@H]2[S+]([O-])C1. The van der Waals surface area contributed by atoms with E-state index in [4.69, 9.17) is 6.42 Å². The second-order valence-electron chi connectivity index (χ2n) is 7.20. The number of carboxylic acids is 1. The normalized spacial score (nSPS) is 21.8. The summed E-state index contributed by atoms with van der Waals surface area (Å²) in [7, 11) is 0. The van der Waals surface area contributed by atoms with Crippen molar-refractivity contribution in [3.63, 3.8) is 0 Å². The van der Waals surface area contributed by atoms with E-state index in [1.165, 1.54) is 4.68 Å². The number of rotatable bonds is 8. The molecule has 0 aliphatic carbocycles. The fraction of sp³-hybridized carbons (Fsp3) is 0.300. The summed E-state index contributed by atoms with van der Waals surface area (Å²) in [6.45, 7) is 0.142. The van der Waals surface area contributed by atoms with Gasteiger partial charge in [0.15, 0.2) is 6.04 Å². The first kappa shape index (κ1) is 22.8. The monoisotopic (exact) mass is 486 g/mol. The molecule has 3 atom stereocenters. The van der Waals surface area contributed by atoms with Crippen LogP contribution in [-0.2, 0) is 38.5 Å². The topological polar surface area (TPSA) is 153 Å². The van der Waals surface area contributed by atoms with Crippen LogP contribution in [-0.4, -0.2) is 75.5 Å². The Morgan fingerprint density at radius 3 is 2.82 bits per heavy atom. The lowest BCUT2D eigenvalue weighted by atomic mass is 10.0. The average molecular weight is 487 g/mol. The van der Waals surface area contributed by atoms with Crippen LogP contribution in [0, 0.1) is 12.3 Å². The summed E-state index contributed by atoms with van der Waals surface area (Å²) >= 11 is -0.469. The molecule has 0 spiro atoms. The van der Waals surface area contributed by atoms with Crippen molar-refractivity contribution in [3.05, 3.63) is 47.2 Å². The van der Waals surface area contributed by atoms with Gasteiger partial charge in [0, 0.05) is 11.3 Å². The van der Waals surface area contributed by atoms with E-state index >= 15 is 0 Å². The summed E-state index contributed by atoms with van der Waals surface area (Å²) < 4.78 is 14.3. The molecule has 1 aromatic heterocycles. The van der Waals surface area contributed by atoms with Crippen molar-refractivity contribution >= 4 is 40.7 Å². The maximum atomic E-state index is 12.9. The number of amides is 2. The average Bonchev–Trinajstić information content (AvgIpc) is 3.23. The quantitative estimate of drug-likeness (QED) is 0.215. The minimum atomic E-state index is -1.60. The third-order valence-electron chi connectivity index (χ3n) is 5.05. The van der Waals surface area contributed by atoms with Crippen molar-refractivity contribution in [2.45, 2.75) is 29.5 Å². The van der Waals surface area contributed by atoms with Crippen molar-refractivity contribution in [2.24, 2.45) is 0 Å². The van der Waals surface area contributed by atoms with Gasteiger partial charge in [-0.1, -0.05) is 48.0 Å². The maximum Gasteiger partial charge on any atom is 0.352 e. The van der Waals surface area contributed by atoms with Crippen molar-refractivity contribution in [1.82, 2.24) is 30.4 Å². The fourth-order valence-corrected chi connectivity index (χ4v) is 6.31. The van der Waals surface area contributed by atoms with Crippen LogP contribution in [0.4, 0.5) is 0 Å². The van der Waals surface area contributed by atoms with Gasteiger partial charge < -0.3 is 15.0 Å². The molecule has 2 aromatic rings. The molecule has 0 radical (unpaired) electrons. The number of aliphatic carboxylic acids is 1. The van der Waals surface area contributed by atoms with Crippen LogP contribution in [0.5, 0.6) is 0 Å². The molecular formula is C20H18N6O5S2. The van der Waals surface area contributed by atoms with Gasteiger partial charge in [-0.05, 0) is 27.2 Å². The first-order valence-electron chi connectivity index (χ1n) is 9.72. The number of hydrogen-bond donors (Lipinski definition) is 2. The molecule has 2 N–H and O–H groups in total. The number of aromatic nitrogens is 4. The van der Waals surface area contributed by atoms with Gasteiger partial charge in [0.2, 0.25) is 16.4 Å². The number of carbonyl (C=O) groups is 3. The van der Waals surface area contributed by atoms with E-state index in [2.05, 4.69) is 26.8 Å². The first-order chi connectivity index (χ1) is 15.9. The van der Waals surface area contributed by atoms with Crippen LogP contribution >= 0.6 is 11.8 Å². The Hall–Kier alpha value is -3.34. The molecule has 2 amide bonds. The van der Waals surface area contributed by atoms with Gasteiger partial charge in [0.1, 0.15) is 18.0 Å². The molecule has 2 aliphatic heterocycles. The molecule has 170 valence electrons. The lowest BCUT2D eigenvalue weighted by molar-refractivity contribution is -0.151. The van der Waals surface area contributed by atoms with Gasteiger partial charge in [-0.15, -0.1) is 11.5 Å². The Kier molecular flexibility index (Phi) is 6.68. The number of nitrogens with one attached hydrogen (secondary N) is 1. The van der Waals surface area contributed by atoms with Crippen LogP contribution in [0.15, 0.2) is 46.8 Å². The number of terminal acetylenes is 1. The Morgan fingerprint density at radius 2 is 2.12 bits per heavy atom. The Balaban J connectivity index is 1.48. The predicted octanol–water partition coefficient (Wildman–Crippen LogP) is -0.605. The minimum absolute atomic E-state index is 0.0508. The van der Waals surface area contributed by atoms with Gasteiger partial charge in [-0.25, -0.2) is 9.48 Å². The summed E-state index contributed by atoms with van der Waals surface area (Å²) in [5.74, 6) is 0.155. The number of thioether (sulfide) groups is 1. The first-order valence-corrected chi connectivity index (χ1v) is 12.1. The second kappa shape index (κ2) is 9.65. The standard InChI is InChI=1S/C20H18N6O5S2/c1-2-8-25-20(22-23-24-25)32-10-13-11-33(31)18-15(17(28)26(18)16(13)19(29)30)21-14(27)9-12-6-4-3-5-7-12/h1,3-7,15,18H,8-11H2,(H,21,27)(H,29,30)/t15?,18-,33?/m1/s1.